The molecule has 3 rings (SSSR count). The second-order valence-electron chi connectivity index (χ2n) is 5.84. The highest BCUT2D eigenvalue weighted by atomic mass is 35.5. The van der Waals surface area contributed by atoms with Gasteiger partial charge in [0.2, 0.25) is 10.0 Å². The largest absolute Gasteiger partial charge is 0.452 e. The van der Waals surface area contributed by atoms with Crippen LogP contribution in [0.15, 0.2) is 59.5 Å². The number of fused-ring (bicyclic) bond motifs is 1. The Labute approximate surface area is 175 Å². The van der Waals surface area contributed by atoms with Crippen LogP contribution in [0.3, 0.4) is 0 Å². The van der Waals surface area contributed by atoms with Gasteiger partial charge in [-0.2, -0.15) is 0 Å². The minimum atomic E-state index is -3.81. The summed E-state index contributed by atoms with van der Waals surface area (Å²) in [6.07, 6.45) is 2.74. The van der Waals surface area contributed by atoms with E-state index >= 15 is 0 Å². The summed E-state index contributed by atoms with van der Waals surface area (Å²) in [7, 11) is -3.81. The first-order valence-electron chi connectivity index (χ1n) is 8.18. The van der Waals surface area contributed by atoms with Gasteiger partial charge in [0, 0.05) is 26.7 Å². The second kappa shape index (κ2) is 8.75. The van der Waals surface area contributed by atoms with Crippen LogP contribution < -0.4 is 10.5 Å². The third-order valence-corrected chi connectivity index (χ3v) is 6.33. The number of anilines is 1. The van der Waals surface area contributed by atoms with Gasteiger partial charge in [-0.25, -0.2) is 18.4 Å². The lowest BCUT2D eigenvalue weighted by atomic mass is 10.2. The summed E-state index contributed by atoms with van der Waals surface area (Å²) in [5.41, 5.74) is 0.339. The van der Waals surface area contributed by atoms with Crippen molar-refractivity contribution in [3.8, 4) is 0 Å². The van der Waals surface area contributed by atoms with E-state index in [0.29, 0.717) is 15.6 Å². The number of nitrogens with two attached hydrogens (primary N) is 1. The summed E-state index contributed by atoms with van der Waals surface area (Å²) in [4.78, 5) is 24.4. The number of benzene rings is 2. The SMILES string of the molecule is NS(=O)(=O)c1ccc(NC(=O)COC(=O)/C=C/c2sc3ccccc3c2Cl)cc1. The first-order chi connectivity index (χ1) is 13.7. The molecule has 0 aliphatic carbocycles. The number of halogens is 1. The summed E-state index contributed by atoms with van der Waals surface area (Å²) in [6.45, 7) is -0.500. The van der Waals surface area contributed by atoms with Gasteiger partial charge in [0.15, 0.2) is 6.61 Å². The van der Waals surface area contributed by atoms with Crippen molar-refractivity contribution < 1.29 is 22.7 Å². The van der Waals surface area contributed by atoms with Gasteiger partial charge in [-0.3, -0.25) is 4.79 Å². The molecule has 0 aliphatic rings. The molecule has 150 valence electrons. The number of carbonyl (C=O) groups is 2. The van der Waals surface area contributed by atoms with Crippen LogP contribution in [0.5, 0.6) is 0 Å². The lowest BCUT2D eigenvalue weighted by Gasteiger charge is -2.06. The van der Waals surface area contributed by atoms with Crippen LogP contribution in [0.25, 0.3) is 16.2 Å². The van der Waals surface area contributed by atoms with Crippen LogP contribution >= 0.6 is 22.9 Å². The highest BCUT2D eigenvalue weighted by molar-refractivity contribution is 7.89. The van der Waals surface area contributed by atoms with Crippen molar-refractivity contribution >= 4 is 66.7 Å². The average molecular weight is 451 g/mol. The topological polar surface area (TPSA) is 116 Å². The van der Waals surface area contributed by atoms with E-state index in [1.54, 1.807) is 6.08 Å². The van der Waals surface area contributed by atoms with Crippen LogP contribution in [0, 0.1) is 0 Å². The Morgan fingerprint density at radius 3 is 2.48 bits per heavy atom. The molecule has 0 atom stereocenters. The maximum atomic E-state index is 11.9. The van der Waals surface area contributed by atoms with E-state index in [1.807, 2.05) is 24.3 Å². The minimum absolute atomic E-state index is 0.0769. The number of hydrogen-bond acceptors (Lipinski definition) is 6. The molecule has 3 aromatic rings. The molecular weight excluding hydrogens is 436 g/mol. The number of thiophene rings is 1. The van der Waals surface area contributed by atoms with Crippen molar-refractivity contribution in [1.82, 2.24) is 0 Å². The Bertz CT molecular complexity index is 1200. The third-order valence-electron chi connectivity index (χ3n) is 3.74. The third kappa shape index (κ3) is 5.42. The van der Waals surface area contributed by atoms with Crippen molar-refractivity contribution in [3.05, 3.63) is 64.5 Å². The van der Waals surface area contributed by atoms with E-state index in [1.165, 1.54) is 41.7 Å². The Morgan fingerprint density at radius 1 is 1.14 bits per heavy atom. The molecule has 1 heterocycles. The number of amides is 1. The normalized spacial score (nSPS) is 11.7. The molecule has 0 saturated heterocycles. The molecule has 3 N–H and O–H groups in total. The quantitative estimate of drug-likeness (QED) is 0.441. The Hall–Kier alpha value is -2.72. The van der Waals surface area contributed by atoms with E-state index in [9.17, 15) is 18.0 Å². The van der Waals surface area contributed by atoms with E-state index in [2.05, 4.69) is 5.32 Å². The number of sulfonamides is 1. The molecule has 0 fully saturated rings. The molecule has 2 aromatic carbocycles. The van der Waals surface area contributed by atoms with Crippen molar-refractivity contribution in [2.75, 3.05) is 11.9 Å². The molecule has 7 nitrogen and oxygen atoms in total. The number of nitrogens with one attached hydrogen (secondary N) is 1. The summed E-state index contributed by atoms with van der Waals surface area (Å²) in [5, 5.41) is 8.94. The fraction of sp³-hybridized carbons (Fsp3) is 0.0526. The van der Waals surface area contributed by atoms with Crippen LogP contribution in [0.4, 0.5) is 5.69 Å². The fourth-order valence-electron chi connectivity index (χ4n) is 2.39. The number of primary sulfonamides is 1. The zero-order valence-corrected chi connectivity index (χ0v) is 17.2. The molecule has 0 bridgehead atoms. The molecular formula is C19H15ClN2O5S2. The first-order valence-corrected chi connectivity index (χ1v) is 10.9. The second-order valence-corrected chi connectivity index (χ2v) is 8.86. The Morgan fingerprint density at radius 2 is 1.83 bits per heavy atom. The van der Waals surface area contributed by atoms with Crippen LogP contribution in [0.2, 0.25) is 5.02 Å². The first kappa shape index (κ1) is 21.0. The molecule has 0 radical (unpaired) electrons. The van der Waals surface area contributed by atoms with Crippen molar-refractivity contribution in [3.63, 3.8) is 0 Å². The molecule has 1 amide bonds. The van der Waals surface area contributed by atoms with E-state index < -0.39 is 28.5 Å². The number of carbonyl (C=O) groups excluding carboxylic acids is 2. The minimum Gasteiger partial charge on any atom is -0.452 e. The molecule has 0 unspecified atom stereocenters. The molecule has 0 aliphatic heterocycles. The fourth-order valence-corrected chi connectivity index (χ4v) is 4.31. The zero-order valence-electron chi connectivity index (χ0n) is 14.8. The number of hydrogen-bond donors (Lipinski definition) is 2. The number of esters is 1. The number of ether oxygens (including phenoxy) is 1. The van der Waals surface area contributed by atoms with Gasteiger partial charge in [0.25, 0.3) is 5.91 Å². The Balaban J connectivity index is 1.54. The smallest absolute Gasteiger partial charge is 0.331 e. The standard InChI is InChI=1S/C19H15ClN2O5S2/c20-19-14-3-1-2-4-15(14)28-16(19)9-10-18(24)27-11-17(23)22-12-5-7-13(8-6-12)29(21,25)26/h1-10H,11H2,(H,22,23)(H2,21,25,26)/b10-9+. The summed E-state index contributed by atoms with van der Waals surface area (Å²) in [6, 6.07) is 12.9. The summed E-state index contributed by atoms with van der Waals surface area (Å²) >= 11 is 7.73. The van der Waals surface area contributed by atoms with E-state index in [-0.39, 0.29) is 4.90 Å². The van der Waals surface area contributed by atoms with Gasteiger partial charge in [-0.15, -0.1) is 11.3 Å². The molecule has 1 aromatic heterocycles. The molecule has 10 heteroatoms. The van der Waals surface area contributed by atoms with Gasteiger partial charge in [0.1, 0.15) is 0 Å². The van der Waals surface area contributed by atoms with Gasteiger partial charge < -0.3 is 10.1 Å². The zero-order chi connectivity index (χ0) is 21.0. The highest BCUT2D eigenvalue weighted by Gasteiger charge is 2.10. The summed E-state index contributed by atoms with van der Waals surface area (Å²) < 4.78 is 28.3. The maximum absolute atomic E-state index is 11.9. The lowest BCUT2D eigenvalue weighted by Crippen LogP contribution is -2.20. The average Bonchev–Trinajstić information content (AvgIpc) is 3.00. The van der Waals surface area contributed by atoms with Crippen molar-refractivity contribution in [2.45, 2.75) is 4.90 Å². The molecule has 0 spiro atoms. The van der Waals surface area contributed by atoms with Crippen molar-refractivity contribution in [2.24, 2.45) is 5.14 Å². The molecule has 29 heavy (non-hydrogen) atoms. The van der Waals surface area contributed by atoms with Gasteiger partial charge in [-0.1, -0.05) is 29.8 Å². The van der Waals surface area contributed by atoms with Gasteiger partial charge in [0.05, 0.1) is 9.92 Å². The van der Waals surface area contributed by atoms with Gasteiger partial charge in [-0.05, 0) is 36.4 Å². The number of rotatable bonds is 6. The van der Waals surface area contributed by atoms with Crippen LogP contribution in [-0.2, 0) is 24.3 Å². The lowest BCUT2D eigenvalue weighted by molar-refractivity contribution is -0.142. The van der Waals surface area contributed by atoms with Crippen LogP contribution in [0.1, 0.15) is 4.88 Å². The highest BCUT2D eigenvalue weighted by Crippen LogP contribution is 2.35. The van der Waals surface area contributed by atoms with E-state index in [0.717, 1.165) is 10.1 Å². The van der Waals surface area contributed by atoms with E-state index in [4.69, 9.17) is 21.5 Å². The summed E-state index contributed by atoms with van der Waals surface area (Å²) in [5.74, 6) is -1.27. The van der Waals surface area contributed by atoms with Gasteiger partial charge >= 0.3 is 5.97 Å². The monoisotopic (exact) mass is 450 g/mol. The molecule has 0 saturated carbocycles. The predicted molar refractivity (Wildman–Crippen MR) is 113 cm³/mol. The predicted octanol–water partition coefficient (Wildman–Crippen LogP) is 3.40. The van der Waals surface area contributed by atoms with Crippen molar-refractivity contribution in [1.29, 1.82) is 0 Å². The Kier molecular flexibility index (Phi) is 6.33. The van der Waals surface area contributed by atoms with Crippen LogP contribution in [-0.4, -0.2) is 26.9 Å². The maximum Gasteiger partial charge on any atom is 0.331 e.